The van der Waals surface area contributed by atoms with Crippen LogP contribution in [0.3, 0.4) is 0 Å². The summed E-state index contributed by atoms with van der Waals surface area (Å²) in [5, 5.41) is 19.1. The number of benzene rings is 1. The van der Waals surface area contributed by atoms with Crippen LogP contribution in [0.4, 0.5) is 11.6 Å². The van der Waals surface area contributed by atoms with E-state index in [1.807, 2.05) is 19.0 Å². The Hall–Kier alpha value is -5.07. The molecular formula is C28H32N10O2. The second kappa shape index (κ2) is 14.8. The van der Waals surface area contributed by atoms with E-state index >= 15 is 0 Å². The number of unbranched alkanes of at least 4 members (excludes halogenated alkanes) is 1. The lowest BCUT2D eigenvalue weighted by Crippen LogP contribution is -2.45. The second-order valence-corrected chi connectivity index (χ2v) is 9.07. The van der Waals surface area contributed by atoms with Crippen molar-refractivity contribution >= 4 is 23.5 Å². The normalized spacial score (nSPS) is 11.4. The summed E-state index contributed by atoms with van der Waals surface area (Å²) in [5.41, 5.74) is 1.85. The lowest BCUT2D eigenvalue weighted by Gasteiger charge is -2.23. The van der Waals surface area contributed by atoms with Crippen LogP contribution in [-0.4, -0.2) is 86.6 Å². The zero-order valence-corrected chi connectivity index (χ0v) is 23.0. The second-order valence-electron chi connectivity index (χ2n) is 9.07. The monoisotopic (exact) mass is 540 g/mol. The molecule has 0 aliphatic rings. The molecule has 0 unspecified atom stereocenters. The molecule has 2 aromatic heterocycles. The van der Waals surface area contributed by atoms with Gasteiger partial charge in [0.2, 0.25) is 17.8 Å². The van der Waals surface area contributed by atoms with Gasteiger partial charge in [0.1, 0.15) is 18.7 Å². The number of carbonyl (C=O) groups is 2. The number of amides is 2. The highest BCUT2D eigenvalue weighted by Gasteiger charge is 2.20. The number of hydrogen-bond donors (Lipinski definition) is 2. The van der Waals surface area contributed by atoms with E-state index in [0.29, 0.717) is 48.8 Å². The molecule has 1 atom stereocenters. The first-order valence-electron chi connectivity index (χ1n) is 12.6. The zero-order chi connectivity index (χ0) is 28.9. The maximum absolute atomic E-state index is 12.5. The summed E-state index contributed by atoms with van der Waals surface area (Å²) in [6.07, 6.45) is 8.93. The highest BCUT2D eigenvalue weighted by Crippen LogP contribution is 2.17. The third-order valence-corrected chi connectivity index (χ3v) is 5.71. The van der Waals surface area contributed by atoms with Gasteiger partial charge in [-0.1, -0.05) is 17.9 Å². The number of nitrogens with zero attached hydrogens (tertiary/aromatic N) is 8. The lowest BCUT2D eigenvalue weighted by atomic mass is 10.2. The van der Waals surface area contributed by atoms with Gasteiger partial charge in [0.05, 0.1) is 23.4 Å². The highest BCUT2D eigenvalue weighted by atomic mass is 16.2. The number of aromatic nitrogens is 5. The topological polar surface area (TPSA) is 145 Å². The summed E-state index contributed by atoms with van der Waals surface area (Å²) in [6, 6.07) is 8.42. The summed E-state index contributed by atoms with van der Waals surface area (Å²) in [4.78, 5) is 41.0. The molecule has 0 aliphatic heterocycles. The van der Waals surface area contributed by atoms with Crippen LogP contribution in [0.2, 0.25) is 0 Å². The lowest BCUT2D eigenvalue weighted by molar-refractivity contribution is -0.135. The van der Waals surface area contributed by atoms with Crippen molar-refractivity contribution in [1.29, 1.82) is 5.26 Å². The minimum atomic E-state index is -0.596. The van der Waals surface area contributed by atoms with Crippen LogP contribution < -0.4 is 10.6 Å². The van der Waals surface area contributed by atoms with E-state index in [1.165, 1.54) is 28.3 Å². The van der Waals surface area contributed by atoms with Crippen molar-refractivity contribution in [2.75, 3.05) is 39.5 Å². The first kappa shape index (κ1) is 29.5. The van der Waals surface area contributed by atoms with Crippen LogP contribution in [0.25, 0.3) is 5.82 Å². The van der Waals surface area contributed by atoms with Gasteiger partial charge in [-0.2, -0.15) is 15.3 Å². The Bertz CT molecular complexity index is 1410. The molecule has 0 aliphatic carbocycles. The molecule has 206 valence electrons. The summed E-state index contributed by atoms with van der Waals surface area (Å²) >= 11 is 0. The van der Waals surface area contributed by atoms with Crippen LogP contribution in [0, 0.1) is 23.2 Å². The first-order chi connectivity index (χ1) is 19.3. The minimum Gasteiger partial charge on any atom is -0.354 e. The van der Waals surface area contributed by atoms with Gasteiger partial charge in [0, 0.05) is 38.3 Å². The van der Waals surface area contributed by atoms with Gasteiger partial charge in [0.15, 0.2) is 5.82 Å². The number of anilines is 2. The van der Waals surface area contributed by atoms with Gasteiger partial charge < -0.3 is 20.4 Å². The van der Waals surface area contributed by atoms with Crippen LogP contribution in [0.1, 0.15) is 30.9 Å². The maximum Gasteiger partial charge on any atom is 0.246 e. The number of carbonyl (C=O) groups excluding carboxylic acids is 2. The number of hydrogen-bond acceptors (Lipinski definition) is 9. The van der Waals surface area contributed by atoms with Gasteiger partial charge in [-0.3, -0.25) is 9.59 Å². The highest BCUT2D eigenvalue weighted by molar-refractivity contribution is 5.92. The molecule has 0 saturated carbocycles. The molecule has 0 saturated heterocycles. The molecule has 2 N–H and O–H groups in total. The smallest absolute Gasteiger partial charge is 0.246 e. The molecule has 3 aromatic rings. The van der Waals surface area contributed by atoms with Crippen LogP contribution in [0.5, 0.6) is 0 Å². The van der Waals surface area contributed by atoms with E-state index in [2.05, 4.69) is 48.6 Å². The summed E-state index contributed by atoms with van der Waals surface area (Å²) in [5.74, 6) is 6.52. The van der Waals surface area contributed by atoms with Gasteiger partial charge >= 0.3 is 0 Å². The Labute approximate surface area is 233 Å². The average Bonchev–Trinajstić information content (AvgIpc) is 3.49. The molecule has 0 fully saturated rings. The Balaban J connectivity index is 1.55. The summed E-state index contributed by atoms with van der Waals surface area (Å²) < 4.78 is 1.50. The molecule has 2 heterocycles. The summed E-state index contributed by atoms with van der Waals surface area (Å²) in [6.45, 7) is 2.77. The SMILES string of the molecule is C[C@@H](C(=O)NCCCC#Cc1cnc(Nc2ccc(C#N)cc2)nc1-n1cncn1)N(C)C(=O)C=CCN(C)C. The molecule has 12 heteroatoms. The van der Waals surface area contributed by atoms with Gasteiger partial charge in [0.25, 0.3) is 0 Å². The summed E-state index contributed by atoms with van der Waals surface area (Å²) in [7, 11) is 5.44. The molecule has 3 rings (SSSR count). The van der Waals surface area contributed by atoms with E-state index in [0.717, 1.165) is 5.69 Å². The van der Waals surface area contributed by atoms with E-state index in [4.69, 9.17) is 5.26 Å². The Morgan fingerprint density at radius 2 is 1.98 bits per heavy atom. The Morgan fingerprint density at radius 3 is 2.65 bits per heavy atom. The number of likely N-dealkylation sites (N-methyl/N-ethyl adjacent to an activating group) is 2. The van der Waals surface area contributed by atoms with E-state index in [-0.39, 0.29) is 11.8 Å². The molecule has 12 nitrogen and oxygen atoms in total. The van der Waals surface area contributed by atoms with Crippen molar-refractivity contribution in [3.63, 3.8) is 0 Å². The fourth-order valence-corrected chi connectivity index (χ4v) is 3.31. The van der Waals surface area contributed by atoms with E-state index in [9.17, 15) is 9.59 Å². The van der Waals surface area contributed by atoms with Gasteiger partial charge in [-0.15, -0.1) is 0 Å². The molecule has 40 heavy (non-hydrogen) atoms. The standard InChI is InChI=1S/C28H32N10O2/c1-21(37(4)25(39)10-8-16-36(2)3)27(40)31-15-7-5-6-9-23-18-32-28(35-26(23)38-20-30-19-33-38)34-24-13-11-22(17-29)12-14-24/h8,10-14,18-21H,5,7,15-16H2,1-4H3,(H,31,40)(H,32,34,35)/t21-/m0/s1. The number of nitrogens with one attached hydrogen (secondary N) is 2. The quantitative estimate of drug-likeness (QED) is 0.212. The van der Waals surface area contributed by atoms with Crippen molar-refractivity contribution in [1.82, 2.24) is 39.8 Å². The van der Waals surface area contributed by atoms with E-state index in [1.54, 1.807) is 50.5 Å². The molecule has 2 amide bonds. The fraction of sp³-hybridized carbons (Fsp3) is 0.321. The van der Waals surface area contributed by atoms with Gasteiger partial charge in [-0.25, -0.2) is 14.6 Å². The Morgan fingerprint density at radius 1 is 1.20 bits per heavy atom. The van der Waals surface area contributed by atoms with E-state index < -0.39 is 6.04 Å². The van der Waals surface area contributed by atoms with Crippen molar-refractivity contribution in [2.45, 2.75) is 25.8 Å². The third kappa shape index (κ3) is 8.75. The number of rotatable bonds is 11. The third-order valence-electron chi connectivity index (χ3n) is 5.71. The molecule has 0 spiro atoms. The predicted molar refractivity (Wildman–Crippen MR) is 150 cm³/mol. The first-order valence-corrected chi connectivity index (χ1v) is 12.6. The largest absolute Gasteiger partial charge is 0.354 e. The predicted octanol–water partition coefficient (Wildman–Crippen LogP) is 1.89. The van der Waals surface area contributed by atoms with Crippen molar-refractivity contribution in [3.8, 4) is 23.7 Å². The molecular weight excluding hydrogens is 508 g/mol. The van der Waals surface area contributed by atoms with Crippen molar-refractivity contribution in [3.05, 3.63) is 66.4 Å². The van der Waals surface area contributed by atoms with Crippen LogP contribution in [0.15, 0.2) is 55.3 Å². The average molecular weight is 541 g/mol. The molecule has 0 bridgehead atoms. The fourth-order valence-electron chi connectivity index (χ4n) is 3.31. The Kier molecular flexibility index (Phi) is 10.9. The number of nitriles is 1. The maximum atomic E-state index is 12.5. The molecule has 1 aromatic carbocycles. The van der Waals surface area contributed by atoms with Gasteiger partial charge in [-0.05, 0) is 51.7 Å². The van der Waals surface area contributed by atoms with Crippen LogP contribution in [-0.2, 0) is 9.59 Å². The van der Waals surface area contributed by atoms with Crippen molar-refractivity contribution in [2.24, 2.45) is 0 Å². The minimum absolute atomic E-state index is 0.223. The van der Waals surface area contributed by atoms with Crippen LogP contribution >= 0.6 is 0 Å². The zero-order valence-electron chi connectivity index (χ0n) is 23.0. The van der Waals surface area contributed by atoms with Crippen molar-refractivity contribution < 1.29 is 9.59 Å². The molecule has 0 radical (unpaired) electrons.